The Labute approximate surface area is 117 Å². The zero-order chi connectivity index (χ0) is 14.3. The molecule has 0 N–H and O–H groups in total. The first-order chi connectivity index (χ1) is 9.58. The van der Waals surface area contributed by atoms with E-state index in [2.05, 4.69) is 9.88 Å². The number of fused-ring (bicyclic) bond motifs is 1. The lowest BCUT2D eigenvalue weighted by atomic mass is 10.2. The second kappa shape index (κ2) is 4.90. The van der Waals surface area contributed by atoms with Gasteiger partial charge in [0.2, 0.25) is 0 Å². The summed E-state index contributed by atoms with van der Waals surface area (Å²) < 4.78 is 7.22. The summed E-state index contributed by atoms with van der Waals surface area (Å²) in [5.41, 5.74) is 2.33. The fourth-order valence-corrected chi connectivity index (χ4v) is 2.73. The molecular formula is C15H19N3O2. The predicted molar refractivity (Wildman–Crippen MR) is 78.6 cm³/mol. The number of hydrogen-bond donors (Lipinski definition) is 0. The number of morpholine rings is 1. The quantitative estimate of drug-likeness (QED) is 0.790. The van der Waals surface area contributed by atoms with Crippen LogP contribution in [0.4, 0.5) is 5.82 Å². The Balaban J connectivity index is 2.17. The van der Waals surface area contributed by atoms with E-state index in [1.165, 1.54) is 0 Å². The third kappa shape index (κ3) is 2.08. The Hall–Kier alpha value is -1.88. The molecule has 1 unspecified atom stereocenters. The van der Waals surface area contributed by atoms with Gasteiger partial charge in [0, 0.05) is 18.8 Å². The smallest absolute Gasteiger partial charge is 0.263 e. The van der Waals surface area contributed by atoms with Gasteiger partial charge in [0.25, 0.3) is 5.56 Å². The summed E-state index contributed by atoms with van der Waals surface area (Å²) in [5, 5.41) is 0. The summed E-state index contributed by atoms with van der Waals surface area (Å²) in [6, 6.07) is 5.73. The number of rotatable bonds is 1. The van der Waals surface area contributed by atoms with Crippen molar-refractivity contribution in [1.29, 1.82) is 0 Å². The molecule has 3 heterocycles. The Kier molecular flexibility index (Phi) is 3.22. The fraction of sp³-hybridized carbons (Fsp3) is 0.467. The van der Waals surface area contributed by atoms with Crippen molar-refractivity contribution in [3.63, 3.8) is 0 Å². The molecule has 0 aromatic carbocycles. The number of aromatic nitrogens is 2. The van der Waals surface area contributed by atoms with Gasteiger partial charge < -0.3 is 9.64 Å². The largest absolute Gasteiger partial charge is 0.375 e. The average molecular weight is 273 g/mol. The molecule has 3 rings (SSSR count). The number of aryl methyl sites for hydroxylation is 1. The van der Waals surface area contributed by atoms with Gasteiger partial charge in [-0.2, -0.15) is 0 Å². The fourth-order valence-electron chi connectivity index (χ4n) is 2.73. The first-order valence-corrected chi connectivity index (χ1v) is 6.93. The maximum Gasteiger partial charge on any atom is 0.263 e. The van der Waals surface area contributed by atoms with E-state index >= 15 is 0 Å². The molecule has 1 aliphatic heterocycles. The van der Waals surface area contributed by atoms with Crippen LogP contribution in [0.25, 0.3) is 5.65 Å². The van der Waals surface area contributed by atoms with Crippen LogP contribution in [0.1, 0.15) is 18.2 Å². The molecule has 0 amide bonds. The van der Waals surface area contributed by atoms with Crippen molar-refractivity contribution < 1.29 is 4.74 Å². The molecule has 106 valence electrons. The van der Waals surface area contributed by atoms with Crippen LogP contribution in [0, 0.1) is 13.8 Å². The van der Waals surface area contributed by atoms with Crippen LogP contribution in [0.5, 0.6) is 0 Å². The van der Waals surface area contributed by atoms with Crippen molar-refractivity contribution in [3.8, 4) is 0 Å². The first-order valence-electron chi connectivity index (χ1n) is 6.93. The summed E-state index contributed by atoms with van der Waals surface area (Å²) in [4.78, 5) is 19.4. The summed E-state index contributed by atoms with van der Waals surface area (Å²) in [6.07, 6.45) is 0.168. The van der Waals surface area contributed by atoms with E-state index in [1.807, 2.05) is 39.0 Å². The van der Waals surface area contributed by atoms with E-state index in [4.69, 9.17) is 4.74 Å². The third-order valence-electron chi connectivity index (χ3n) is 3.78. The van der Waals surface area contributed by atoms with Crippen LogP contribution in [0.3, 0.4) is 0 Å². The Morgan fingerprint density at radius 3 is 2.90 bits per heavy atom. The number of nitrogens with zero attached hydrogens (tertiary/aromatic N) is 3. The molecule has 5 heteroatoms. The van der Waals surface area contributed by atoms with Crippen molar-refractivity contribution in [1.82, 2.24) is 9.38 Å². The molecule has 5 nitrogen and oxygen atoms in total. The van der Waals surface area contributed by atoms with Gasteiger partial charge in [-0.05, 0) is 32.9 Å². The summed E-state index contributed by atoms with van der Waals surface area (Å²) >= 11 is 0. The number of anilines is 1. The normalized spacial score (nSPS) is 19.6. The molecule has 2 aromatic rings. The lowest BCUT2D eigenvalue weighted by Gasteiger charge is -2.32. The molecular weight excluding hydrogens is 254 g/mol. The Bertz CT molecular complexity index is 708. The third-order valence-corrected chi connectivity index (χ3v) is 3.78. The van der Waals surface area contributed by atoms with Gasteiger partial charge >= 0.3 is 0 Å². The molecule has 0 radical (unpaired) electrons. The van der Waals surface area contributed by atoms with Crippen molar-refractivity contribution in [3.05, 3.63) is 39.8 Å². The van der Waals surface area contributed by atoms with Crippen LogP contribution >= 0.6 is 0 Å². The van der Waals surface area contributed by atoms with Crippen molar-refractivity contribution in [2.45, 2.75) is 26.9 Å². The molecule has 0 bridgehead atoms. The van der Waals surface area contributed by atoms with Gasteiger partial charge in [0.15, 0.2) is 0 Å². The standard InChI is InChI=1S/C15H19N3O2/c1-10-5-4-6-13-16-14(12(3)15(19)18(10)13)17-7-8-20-11(2)9-17/h4-6,11H,7-9H2,1-3H3. The molecule has 0 aliphatic carbocycles. The highest BCUT2D eigenvalue weighted by Gasteiger charge is 2.21. The lowest BCUT2D eigenvalue weighted by Crippen LogP contribution is -2.42. The minimum atomic E-state index is 0.0160. The topological polar surface area (TPSA) is 46.8 Å². The predicted octanol–water partition coefficient (Wildman–Crippen LogP) is 1.54. The number of hydrogen-bond acceptors (Lipinski definition) is 4. The molecule has 0 spiro atoms. The summed E-state index contributed by atoms with van der Waals surface area (Å²) in [5.74, 6) is 0.788. The maximum absolute atomic E-state index is 12.6. The van der Waals surface area contributed by atoms with Gasteiger partial charge in [-0.15, -0.1) is 0 Å². The second-order valence-electron chi connectivity index (χ2n) is 5.35. The molecule has 1 atom stereocenters. The van der Waals surface area contributed by atoms with Gasteiger partial charge in [-0.1, -0.05) is 6.07 Å². The van der Waals surface area contributed by atoms with Crippen LogP contribution < -0.4 is 10.5 Å². The molecule has 0 saturated carbocycles. The van der Waals surface area contributed by atoms with E-state index in [1.54, 1.807) is 4.40 Å². The minimum absolute atomic E-state index is 0.0160. The SMILES string of the molecule is Cc1c(N2CCOC(C)C2)nc2cccc(C)n2c1=O. The first kappa shape index (κ1) is 13.1. The molecule has 1 saturated heterocycles. The van der Waals surface area contributed by atoms with E-state index in [0.29, 0.717) is 17.8 Å². The zero-order valence-corrected chi connectivity index (χ0v) is 12.1. The highest BCUT2D eigenvalue weighted by molar-refractivity contribution is 5.54. The highest BCUT2D eigenvalue weighted by Crippen LogP contribution is 2.19. The Morgan fingerprint density at radius 1 is 1.35 bits per heavy atom. The van der Waals surface area contributed by atoms with E-state index in [9.17, 15) is 4.79 Å². The van der Waals surface area contributed by atoms with Crippen LogP contribution in [0.2, 0.25) is 0 Å². The van der Waals surface area contributed by atoms with Gasteiger partial charge in [-0.3, -0.25) is 9.20 Å². The van der Waals surface area contributed by atoms with Crippen molar-refractivity contribution in [2.24, 2.45) is 0 Å². The highest BCUT2D eigenvalue weighted by atomic mass is 16.5. The van der Waals surface area contributed by atoms with Crippen LogP contribution in [-0.2, 0) is 4.74 Å². The van der Waals surface area contributed by atoms with E-state index in [0.717, 1.165) is 24.6 Å². The summed E-state index contributed by atoms with van der Waals surface area (Å²) in [6.45, 7) is 8.04. The molecule has 1 fully saturated rings. The van der Waals surface area contributed by atoms with Crippen molar-refractivity contribution in [2.75, 3.05) is 24.6 Å². The summed E-state index contributed by atoms with van der Waals surface area (Å²) in [7, 11) is 0. The van der Waals surface area contributed by atoms with Gasteiger partial charge in [0.1, 0.15) is 11.5 Å². The number of pyridine rings is 1. The van der Waals surface area contributed by atoms with Gasteiger partial charge in [0.05, 0.1) is 18.3 Å². The minimum Gasteiger partial charge on any atom is -0.375 e. The molecule has 2 aromatic heterocycles. The number of ether oxygens (including phenoxy) is 1. The Morgan fingerprint density at radius 2 is 2.15 bits per heavy atom. The zero-order valence-electron chi connectivity index (χ0n) is 12.1. The van der Waals surface area contributed by atoms with Gasteiger partial charge in [-0.25, -0.2) is 4.98 Å². The molecule has 1 aliphatic rings. The molecule has 20 heavy (non-hydrogen) atoms. The van der Waals surface area contributed by atoms with Crippen LogP contribution in [0.15, 0.2) is 23.0 Å². The van der Waals surface area contributed by atoms with E-state index in [-0.39, 0.29) is 11.7 Å². The maximum atomic E-state index is 12.6. The van der Waals surface area contributed by atoms with Crippen LogP contribution in [-0.4, -0.2) is 35.2 Å². The lowest BCUT2D eigenvalue weighted by molar-refractivity contribution is 0.0529. The average Bonchev–Trinajstić information content (AvgIpc) is 2.42. The monoisotopic (exact) mass is 273 g/mol. The van der Waals surface area contributed by atoms with Crippen molar-refractivity contribution >= 4 is 11.5 Å². The second-order valence-corrected chi connectivity index (χ2v) is 5.35. The van der Waals surface area contributed by atoms with E-state index < -0.39 is 0 Å².